The molecule has 0 N–H and O–H groups in total. The Labute approximate surface area is 159 Å². The van der Waals surface area contributed by atoms with E-state index in [-0.39, 0.29) is 23.8 Å². The molecule has 0 bridgehead atoms. The molecule has 1 fully saturated rings. The molecule has 2 heterocycles. The SMILES string of the molecule is COc1ccccc1CC(=O)N1CCCN(S(=O)(=O)c2cnn(C)c2)CC1. The monoisotopic (exact) mass is 392 g/mol. The van der Waals surface area contributed by atoms with Crippen LogP contribution in [0.25, 0.3) is 0 Å². The highest BCUT2D eigenvalue weighted by Gasteiger charge is 2.29. The zero-order chi connectivity index (χ0) is 19.4. The molecule has 27 heavy (non-hydrogen) atoms. The van der Waals surface area contributed by atoms with E-state index in [4.69, 9.17) is 4.74 Å². The van der Waals surface area contributed by atoms with Crippen molar-refractivity contribution < 1.29 is 17.9 Å². The van der Waals surface area contributed by atoms with Crippen LogP contribution in [0.15, 0.2) is 41.6 Å². The van der Waals surface area contributed by atoms with Gasteiger partial charge in [0, 0.05) is 45.0 Å². The van der Waals surface area contributed by atoms with Crippen molar-refractivity contribution in [1.29, 1.82) is 0 Å². The molecule has 1 aliphatic heterocycles. The number of methoxy groups -OCH3 is 1. The van der Waals surface area contributed by atoms with Crippen molar-refractivity contribution in [3.05, 3.63) is 42.2 Å². The van der Waals surface area contributed by atoms with Gasteiger partial charge in [-0.15, -0.1) is 0 Å². The molecule has 2 aromatic rings. The minimum atomic E-state index is -3.59. The van der Waals surface area contributed by atoms with E-state index in [2.05, 4.69) is 5.10 Å². The Kier molecular flexibility index (Phi) is 5.81. The van der Waals surface area contributed by atoms with Crippen molar-refractivity contribution in [3.63, 3.8) is 0 Å². The highest BCUT2D eigenvalue weighted by molar-refractivity contribution is 7.89. The van der Waals surface area contributed by atoms with Crippen LogP contribution in [0.1, 0.15) is 12.0 Å². The summed E-state index contributed by atoms with van der Waals surface area (Å²) in [5.74, 6) is 0.654. The van der Waals surface area contributed by atoms with Crippen LogP contribution in [0, 0.1) is 0 Å². The molecule has 0 spiro atoms. The number of rotatable bonds is 5. The third-order valence-corrected chi connectivity index (χ3v) is 6.51. The second-order valence-electron chi connectivity index (χ2n) is 6.48. The van der Waals surface area contributed by atoms with Crippen LogP contribution < -0.4 is 4.74 Å². The van der Waals surface area contributed by atoms with E-state index >= 15 is 0 Å². The van der Waals surface area contributed by atoms with Crippen molar-refractivity contribution in [3.8, 4) is 5.75 Å². The summed E-state index contributed by atoms with van der Waals surface area (Å²) in [5, 5.41) is 3.94. The number of carbonyl (C=O) groups excluding carboxylic acids is 1. The number of ether oxygens (including phenoxy) is 1. The largest absolute Gasteiger partial charge is 0.496 e. The molecule has 1 saturated heterocycles. The third kappa shape index (κ3) is 4.30. The highest BCUT2D eigenvalue weighted by atomic mass is 32.2. The lowest BCUT2D eigenvalue weighted by Gasteiger charge is -2.22. The molecule has 0 saturated carbocycles. The molecule has 3 rings (SSSR count). The van der Waals surface area contributed by atoms with Crippen molar-refractivity contribution in [2.75, 3.05) is 33.3 Å². The Balaban J connectivity index is 1.67. The Bertz CT molecular complexity index is 910. The van der Waals surface area contributed by atoms with Crippen molar-refractivity contribution in [2.24, 2.45) is 7.05 Å². The van der Waals surface area contributed by atoms with Gasteiger partial charge in [-0.25, -0.2) is 8.42 Å². The zero-order valence-electron chi connectivity index (χ0n) is 15.5. The Morgan fingerprint density at radius 2 is 1.96 bits per heavy atom. The first-order valence-corrected chi connectivity index (χ1v) is 10.2. The van der Waals surface area contributed by atoms with Gasteiger partial charge in [0.15, 0.2) is 0 Å². The van der Waals surface area contributed by atoms with Gasteiger partial charge in [0.2, 0.25) is 15.9 Å². The number of amides is 1. The smallest absolute Gasteiger partial charge is 0.246 e. The first kappa shape index (κ1) is 19.4. The van der Waals surface area contributed by atoms with Gasteiger partial charge in [0.05, 0.1) is 19.7 Å². The molecule has 0 radical (unpaired) electrons. The summed E-state index contributed by atoms with van der Waals surface area (Å²) in [4.78, 5) is 14.6. The first-order valence-electron chi connectivity index (χ1n) is 8.80. The van der Waals surface area contributed by atoms with Crippen LogP contribution in [-0.2, 0) is 28.3 Å². The van der Waals surface area contributed by atoms with Gasteiger partial charge >= 0.3 is 0 Å². The van der Waals surface area contributed by atoms with Gasteiger partial charge in [-0.2, -0.15) is 9.40 Å². The summed E-state index contributed by atoms with van der Waals surface area (Å²) >= 11 is 0. The molecule has 8 nitrogen and oxygen atoms in total. The molecule has 0 aliphatic carbocycles. The maximum Gasteiger partial charge on any atom is 0.246 e. The van der Waals surface area contributed by atoms with Crippen LogP contribution >= 0.6 is 0 Å². The zero-order valence-corrected chi connectivity index (χ0v) is 16.4. The number of carbonyl (C=O) groups is 1. The number of nitrogens with zero attached hydrogens (tertiary/aromatic N) is 4. The van der Waals surface area contributed by atoms with Gasteiger partial charge in [-0.1, -0.05) is 18.2 Å². The third-order valence-electron chi connectivity index (χ3n) is 4.66. The molecule has 1 amide bonds. The summed E-state index contributed by atoms with van der Waals surface area (Å²) in [5.41, 5.74) is 0.828. The molecule has 1 aliphatic rings. The predicted molar refractivity (Wildman–Crippen MR) is 99.9 cm³/mol. The summed E-state index contributed by atoms with van der Waals surface area (Å²) in [7, 11) is -0.331. The first-order chi connectivity index (χ1) is 12.9. The lowest BCUT2D eigenvalue weighted by atomic mass is 10.1. The van der Waals surface area contributed by atoms with Crippen LogP contribution in [0.4, 0.5) is 0 Å². The highest BCUT2D eigenvalue weighted by Crippen LogP contribution is 2.20. The molecule has 0 unspecified atom stereocenters. The minimum absolute atomic E-state index is 0.0277. The van der Waals surface area contributed by atoms with Gasteiger partial charge in [0.25, 0.3) is 0 Å². The van der Waals surface area contributed by atoms with Gasteiger partial charge in [-0.3, -0.25) is 9.48 Å². The second kappa shape index (κ2) is 8.10. The molecule has 9 heteroatoms. The van der Waals surface area contributed by atoms with Crippen LogP contribution in [0.5, 0.6) is 5.75 Å². The van der Waals surface area contributed by atoms with E-state index in [9.17, 15) is 13.2 Å². The Morgan fingerprint density at radius 1 is 1.19 bits per heavy atom. The fourth-order valence-corrected chi connectivity index (χ4v) is 4.64. The maximum atomic E-state index is 12.8. The lowest BCUT2D eigenvalue weighted by molar-refractivity contribution is -0.130. The Morgan fingerprint density at radius 3 is 2.67 bits per heavy atom. The molecular weight excluding hydrogens is 368 g/mol. The average Bonchev–Trinajstić information content (AvgIpc) is 2.94. The van der Waals surface area contributed by atoms with Crippen molar-refractivity contribution in [2.45, 2.75) is 17.7 Å². The molecule has 146 valence electrons. The van der Waals surface area contributed by atoms with Crippen molar-refractivity contribution >= 4 is 15.9 Å². The van der Waals surface area contributed by atoms with Crippen LogP contribution in [0.2, 0.25) is 0 Å². The van der Waals surface area contributed by atoms with Crippen molar-refractivity contribution in [1.82, 2.24) is 19.0 Å². The summed E-state index contributed by atoms with van der Waals surface area (Å²) in [6.07, 6.45) is 3.67. The number of para-hydroxylation sites is 1. The molecule has 1 aromatic carbocycles. The average molecular weight is 392 g/mol. The summed E-state index contributed by atoms with van der Waals surface area (Å²) in [6, 6.07) is 7.43. The summed E-state index contributed by atoms with van der Waals surface area (Å²) < 4.78 is 33.7. The fourth-order valence-electron chi connectivity index (χ4n) is 3.19. The van der Waals surface area contributed by atoms with E-state index in [1.54, 1.807) is 19.1 Å². The fraction of sp³-hybridized carbons (Fsp3) is 0.444. The van der Waals surface area contributed by atoms with Crippen LogP contribution in [0.3, 0.4) is 0 Å². The minimum Gasteiger partial charge on any atom is -0.496 e. The second-order valence-corrected chi connectivity index (χ2v) is 8.41. The van der Waals surface area contributed by atoms with E-state index in [0.717, 1.165) is 5.56 Å². The number of sulfonamides is 1. The standard InChI is InChI=1S/C18H24N4O4S/c1-20-14-16(13-19-20)27(24,25)22-9-5-8-21(10-11-22)18(23)12-15-6-3-4-7-17(15)26-2/h3-4,6-7,13-14H,5,8-12H2,1-2H3. The van der Waals surface area contributed by atoms with E-state index < -0.39 is 10.0 Å². The number of aromatic nitrogens is 2. The Hall–Kier alpha value is -2.39. The normalized spacial score (nSPS) is 16.1. The molecule has 0 atom stereocenters. The van der Waals surface area contributed by atoms with Gasteiger partial charge in [-0.05, 0) is 12.5 Å². The van der Waals surface area contributed by atoms with E-state index in [1.165, 1.54) is 21.4 Å². The number of hydrogen-bond donors (Lipinski definition) is 0. The molecular formula is C18H24N4O4S. The topological polar surface area (TPSA) is 84.7 Å². The number of benzene rings is 1. The number of hydrogen-bond acceptors (Lipinski definition) is 5. The lowest BCUT2D eigenvalue weighted by Crippen LogP contribution is -2.37. The van der Waals surface area contributed by atoms with E-state index in [0.29, 0.717) is 31.8 Å². The van der Waals surface area contributed by atoms with E-state index in [1.807, 2.05) is 24.3 Å². The van der Waals surface area contributed by atoms with Crippen LogP contribution in [-0.4, -0.2) is 66.6 Å². The maximum absolute atomic E-state index is 12.8. The van der Waals surface area contributed by atoms with Gasteiger partial charge in [0.1, 0.15) is 10.6 Å². The van der Waals surface area contributed by atoms with Gasteiger partial charge < -0.3 is 9.64 Å². The predicted octanol–water partition coefficient (Wildman–Crippen LogP) is 0.894. The summed E-state index contributed by atoms with van der Waals surface area (Å²) in [6.45, 7) is 1.56. The molecule has 1 aromatic heterocycles. The number of aryl methyl sites for hydroxylation is 1. The quantitative estimate of drug-likeness (QED) is 0.755.